The van der Waals surface area contributed by atoms with Crippen molar-refractivity contribution in [3.63, 3.8) is 0 Å². The van der Waals surface area contributed by atoms with Gasteiger partial charge < -0.3 is 4.74 Å². The molecule has 2 aromatic carbocycles. The van der Waals surface area contributed by atoms with Crippen molar-refractivity contribution in [2.75, 3.05) is 6.61 Å². The van der Waals surface area contributed by atoms with E-state index in [1.807, 2.05) is 6.07 Å². The number of hydrogen-bond donors (Lipinski definition) is 0. The second-order valence-corrected chi connectivity index (χ2v) is 8.29. The summed E-state index contributed by atoms with van der Waals surface area (Å²) in [5.41, 5.74) is 0.192. The van der Waals surface area contributed by atoms with Crippen LogP contribution in [0.5, 0.6) is 0 Å². The van der Waals surface area contributed by atoms with E-state index in [-0.39, 0.29) is 10.4 Å². The number of ether oxygens (including phenoxy) is 1. The third kappa shape index (κ3) is 4.26. The van der Waals surface area contributed by atoms with Crippen LogP contribution < -0.4 is 0 Å². The minimum absolute atomic E-state index is 0.186. The molecule has 0 amide bonds. The smallest absolute Gasteiger partial charge is 0.416 e. The molecule has 0 N–H and O–H groups in total. The van der Waals surface area contributed by atoms with Crippen LogP contribution in [-0.2, 0) is 10.9 Å². The molecule has 32 heavy (non-hydrogen) atoms. The van der Waals surface area contributed by atoms with Crippen molar-refractivity contribution in [2.24, 2.45) is 0 Å². The molecule has 0 aliphatic heterocycles. The number of esters is 1. The van der Waals surface area contributed by atoms with Crippen molar-refractivity contribution in [1.29, 1.82) is 0 Å². The minimum atomic E-state index is -4.57. The Morgan fingerprint density at radius 3 is 2.59 bits per heavy atom. The van der Waals surface area contributed by atoms with Gasteiger partial charge in [-0.2, -0.15) is 18.3 Å². The summed E-state index contributed by atoms with van der Waals surface area (Å²) in [5, 5.41) is 5.68. The molecule has 10 heteroatoms. The van der Waals surface area contributed by atoms with Gasteiger partial charge in [0.15, 0.2) is 12.4 Å². The van der Waals surface area contributed by atoms with Crippen LogP contribution in [0.4, 0.5) is 13.2 Å². The molecule has 0 unspecified atom stereocenters. The van der Waals surface area contributed by atoms with Gasteiger partial charge in [0.2, 0.25) is 0 Å². The van der Waals surface area contributed by atoms with E-state index < -0.39 is 30.1 Å². The first-order valence-corrected chi connectivity index (χ1v) is 10.5. The quantitative estimate of drug-likeness (QED) is 0.256. The zero-order valence-corrected chi connectivity index (χ0v) is 18.0. The molecule has 4 rings (SSSR count). The largest absolute Gasteiger partial charge is 0.453 e. The molecule has 2 aromatic heterocycles. The van der Waals surface area contributed by atoms with Crippen LogP contribution in [0, 0.1) is 6.92 Å². The summed E-state index contributed by atoms with van der Waals surface area (Å²) in [4.78, 5) is 25.7. The Hall–Kier alpha value is -3.17. The number of aromatic nitrogens is 2. The number of halogens is 4. The molecule has 2 heterocycles. The Labute approximate surface area is 189 Å². The van der Waals surface area contributed by atoms with Crippen molar-refractivity contribution < 1.29 is 27.5 Å². The average molecular weight is 479 g/mol. The number of Topliss-reactive ketones (excluding diaryl/α,β-unsaturated/α-hetero) is 1. The first-order chi connectivity index (χ1) is 15.1. The van der Waals surface area contributed by atoms with Crippen LogP contribution in [0.1, 0.15) is 31.3 Å². The number of carbonyl (C=O) groups is 2. The van der Waals surface area contributed by atoms with Gasteiger partial charge in [-0.15, -0.1) is 11.3 Å². The molecular weight excluding hydrogens is 465 g/mol. The predicted octanol–water partition coefficient (Wildman–Crippen LogP) is 6.11. The summed E-state index contributed by atoms with van der Waals surface area (Å²) in [5.74, 6) is -1.49. The Kier molecular flexibility index (Phi) is 5.79. The number of nitrogens with zero attached hydrogens (tertiary/aromatic N) is 2. The SMILES string of the molecule is Cc1nn(-c2ccccc2Cl)c2sc(C(=O)OCC(=O)c3cccc(C(F)(F)F)c3)cc12. The number of ketones is 1. The number of para-hydroxylation sites is 1. The normalized spacial score (nSPS) is 11.7. The number of benzene rings is 2. The third-order valence-electron chi connectivity index (χ3n) is 4.67. The van der Waals surface area contributed by atoms with Crippen molar-refractivity contribution in [3.05, 3.63) is 81.3 Å². The Bertz CT molecular complexity index is 1340. The first kappa shape index (κ1) is 22.0. The van der Waals surface area contributed by atoms with Crippen molar-refractivity contribution in [1.82, 2.24) is 9.78 Å². The maximum absolute atomic E-state index is 12.8. The lowest BCUT2D eigenvalue weighted by Gasteiger charge is -2.08. The van der Waals surface area contributed by atoms with Crippen LogP contribution in [0.25, 0.3) is 15.9 Å². The fourth-order valence-corrected chi connectivity index (χ4v) is 4.37. The van der Waals surface area contributed by atoms with E-state index in [0.717, 1.165) is 34.9 Å². The van der Waals surface area contributed by atoms with Gasteiger partial charge in [-0.25, -0.2) is 9.48 Å². The molecule has 4 aromatic rings. The molecule has 0 saturated heterocycles. The van der Waals surface area contributed by atoms with E-state index in [1.165, 1.54) is 6.07 Å². The summed E-state index contributed by atoms with van der Waals surface area (Å²) in [6.45, 7) is 1.11. The van der Waals surface area contributed by atoms with Gasteiger partial charge in [-0.1, -0.05) is 35.9 Å². The highest BCUT2D eigenvalue weighted by Gasteiger charge is 2.31. The molecular formula is C22H14ClF3N2O3S. The van der Waals surface area contributed by atoms with E-state index >= 15 is 0 Å². The summed E-state index contributed by atoms with van der Waals surface area (Å²) in [6.07, 6.45) is -4.57. The molecule has 5 nitrogen and oxygen atoms in total. The number of alkyl halides is 3. The van der Waals surface area contributed by atoms with Crippen molar-refractivity contribution >= 4 is 44.9 Å². The minimum Gasteiger partial charge on any atom is -0.453 e. The van der Waals surface area contributed by atoms with E-state index in [0.29, 0.717) is 21.2 Å². The van der Waals surface area contributed by atoms with Gasteiger partial charge in [0.25, 0.3) is 0 Å². The fourth-order valence-electron chi connectivity index (χ4n) is 3.09. The Morgan fingerprint density at radius 2 is 1.88 bits per heavy atom. The molecule has 0 spiro atoms. The lowest BCUT2D eigenvalue weighted by atomic mass is 10.1. The van der Waals surface area contributed by atoms with Crippen molar-refractivity contribution in [3.8, 4) is 5.69 Å². The van der Waals surface area contributed by atoms with Crippen LogP contribution in [-0.4, -0.2) is 28.1 Å². The lowest BCUT2D eigenvalue weighted by molar-refractivity contribution is -0.137. The van der Waals surface area contributed by atoms with Gasteiger partial charge in [0.05, 0.1) is 22.0 Å². The number of fused-ring (bicyclic) bond motifs is 1. The molecule has 0 aliphatic rings. The third-order valence-corrected chi connectivity index (χ3v) is 6.08. The molecule has 0 aliphatic carbocycles. The monoisotopic (exact) mass is 478 g/mol. The summed E-state index contributed by atoms with van der Waals surface area (Å²) >= 11 is 7.38. The topological polar surface area (TPSA) is 61.2 Å². The van der Waals surface area contributed by atoms with Crippen LogP contribution in [0.15, 0.2) is 54.6 Å². The van der Waals surface area contributed by atoms with Gasteiger partial charge >= 0.3 is 12.1 Å². The second kappa shape index (κ2) is 8.40. The number of hydrogen-bond acceptors (Lipinski definition) is 5. The average Bonchev–Trinajstić information content (AvgIpc) is 3.32. The predicted molar refractivity (Wildman–Crippen MR) is 115 cm³/mol. The van der Waals surface area contributed by atoms with E-state index in [4.69, 9.17) is 16.3 Å². The number of carbonyl (C=O) groups excluding carboxylic acids is 2. The standard InChI is InChI=1S/C22H14ClF3N2O3S/c1-12-15-10-19(32-20(15)28(27-12)17-8-3-2-7-16(17)23)21(30)31-11-18(29)13-5-4-6-14(9-13)22(24,25)26/h2-10H,11H2,1H3. The first-order valence-electron chi connectivity index (χ1n) is 9.27. The number of rotatable bonds is 5. The highest BCUT2D eigenvalue weighted by atomic mass is 35.5. The summed E-state index contributed by atoms with van der Waals surface area (Å²) in [6, 6.07) is 12.7. The maximum Gasteiger partial charge on any atom is 0.416 e. The lowest BCUT2D eigenvalue weighted by Crippen LogP contribution is -2.14. The maximum atomic E-state index is 12.8. The van der Waals surface area contributed by atoms with E-state index in [9.17, 15) is 22.8 Å². The van der Waals surface area contributed by atoms with Crippen LogP contribution in [0.3, 0.4) is 0 Å². The highest BCUT2D eigenvalue weighted by Crippen LogP contribution is 2.33. The highest BCUT2D eigenvalue weighted by molar-refractivity contribution is 7.20. The molecule has 0 atom stereocenters. The summed E-state index contributed by atoms with van der Waals surface area (Å²) in [7, 11) is 0. The molecule has 0 fully saturated rings. The zero-order chi connectivity index (χ0) is 23.0. The van der Waals surface area contributed by atoms with Crippen LogP contribution >= 0.6 is 22.9 Å². The van der Waals surface area contributed by atoms with Crippen LogP contribution in [0.2, 0.25) is 5.02 Å². The van der Waals surface area contributed by atoms with Gasteiger partial charge in [0, 0.05) is 10.9 Å². The molecule has 0 radical (unpaired) electrons. The van der Waals surface area contributed by atoms with E-state index in [1.54, 1.807) is 35.9 Å². The van der Waals surface area contributed by atoms with Gasteiger partial charge in [-0.05, 0) is 37.3 Å². The molecule has 0 bridgehead atoms. The second-order valence-electron chi connectivity index (χ2n) is 6.86. The number of thiophene rings is 1. The Morgan fingerprint density at radius 1 is 1.12 bits per heavy atom. The molecule has 0 saturated carbocycles. The van der Waals surface area contributed by atoms with E-state index in [2.05, 4.69) is 5.10 Å². The Balaban J connectivity index is 1.53. The fraction of sp³-hybridized carbons (Fsp3) is 0.136. The van der Waals surface area contributed by atoms with Crippen molar-refractivity contribution in [2.45, 2.75) is 13.1 Å². The summed E-state index contributed by atoms with van der Waals surface area (Å²) < 4.78 is 45.2. The zero-order valence-electron chi connectivity index (χ0n) is 16.4. The number of aryl methyl sites for hydroxylation is 1. The van der Waals surface area contributed by atoms with Gasteiger partial charge in [0.1, 0.15) is 9.71 Å². The molecule has 164 valence electrons. The van der Waals surface area contributed by atoms with Gasteiger partial charge in [-0.3, -0.25) is 4.79 Å².